The highest BCUT2D eigenvalue weighted by atomic mass is 16.3. The molecule has 1 saturated heterocycles. The van der Waals surface area contributed by atoms with Gasteiger partial charge in [0.05, 0.1) is 12.1 Å². The quantitative estimate of drug-likeness (QED) is 0.889. The van der Waals surface area contributed by atoms with E-state index in [4.69, 9.17) is 0 Å². The zero-order valence-corrected chi connectivity index (χ0v) is 12.6. The number of benzene rings is 1. The second kappa shape index (κ2) is 5.94. The molecule has 0 unspecified atom stereocenters. The van der Waals surface area contributed by atoms with E-state index in [-0.39, 0.29) is 5.91 Å². The van der Waals surface area contributed by atoms with Crippen LogP contribution in [0, 0.1) is 13.8 Å². The molecule has 1 aliphatic rings. The van der Waals surface area contributed by atoms with E-state index in [2.05, 4.69) is 10.2 Å². The van der Waals surface area contributed by atoms with Gasteiger partial charge in [0.15, 0.2) is 0 Å². The van der Waals surface area contributed by atoms with Gasteiger partial charge < -0.3 is 10.4 Å². The summed E-state index contributed by atoms with van der Waals surface area (Å²) in [6, 6.07) is 5.99. The molecule has 2 rings (SSSR count). The van der Waals surface area contributed by atoms with Crippen molar-refractivity contribution in [1.82, 2.24) is 4.90 Å². The lowest BCUT2D eigenvalue weighted by atomic mass is 9.94. The molecule has 0 aliphatic carbocycles. The summed E-state index contributed by atoms with van der Waals surface area (Å²) < 4.78 is 0. The minimum absolute atomic E-state index is 0.0175. The summed E-state index contributed by atoms with van der Waals surface area (Å²) in [6.07, 6.45) is 1.45. The number of amides is 1. The first-order chi connectivity index (χ1) is 9.37. The van der Waals surface area contributed by atoms with Crippen LogP contribution in [-0.4, -0.2) is 41.1 Å². The van der Waals surface area contributed by atoms with Gasteiger partial charge in [0.2, 0.25) is 5.91 Å². The number of anilines is 1. The van der Waals surface area contributed by atoms with Crippen molar-refractivity contribution >= 4 is 11.6 Å². The van der Waals surface area contributed by atoms with E-state index in [9.17, 15) is 9.90 Å². The van der Waals surface area contributed by atoms with Gasteiger partial charge in [-0.1, -0.05) is 18.2 Å². The van der Waals surface area contributed by atoms with Crippen molar-refractivity contribution in [2.24, 2.45) is 0 Å². The minimum atomic E-state index is -0.570. The Morgan fingerprint density at radius 3 is 2.40 bits per heavy atom. The first kappa shape index (κ1) is 15.0. The molecule has 2 N–H and O–H groups in total. The molecule has 0 bridgehead atoms. The molecule has 0 saturated carbocycles. The first-order valence-corrected chi connectivity index (χ1v) is 7.18. The number of hydrogen-bond acceptors (Lipinski definition) is 3. The number of aliphatic hydroxyl groups is 1. The van der Waals surface area contributed by atoms with E-state index in [1.807, 2.05) is 39.0 Å². The number of rotatable bonds is 3. The van der Waals surface area contributed by atoms with Crippen molar-refractivity contribution in [3.05, 3.63) is 29.3 Å². The van der Waals surface area contributed by atoms with E-state index in [0.717, 1.165) is 42.7 Å². The number of hydrogen-bond donors (Lipinski definition) is 2. The van der Waals surface area contributed by atoms with E-state index in [1.165, 1.54) is 0 Å². The van der Waals surface area contributed by atoms with Crippen LogP contribution in [-0.2, 0) is 4.79 Å². The largest absolute Gasteiger partial charge is 0.390 e. The molecular weight excluding hydrogens is 252 g/mol. The number of likely N-dealkylation sites (tertiary alicyclic amines) is 1. The number of carbonyl (C=O) groups excluding carboxylic acids is 1. The maximum absolute atomic E-state index is 12.1. The lowest BCUT2D eigenvalue weighted by Crippen LogP contribution is -2.45. The predicted molar refractivity (Wildman–Crippen MR) is 80.8 cm³/mol. The van der Waals surface area contributed by atoms with Gasteiger partial charge in [0.1, 0.15) is 0 Å². The third-order valence-corrected chi connectivity index (χ3v) is 4.05. The number of carbonyl (C=O) groups is 1. The zero-order valence-electron chi connectivity index (χ0n) is 12.6. The van der Waals surface area contributed by atoms with Crippen LogP contribution in [0.3, 0.4) is 0 Å². The fourth-order valence-electron chi connectivity index (χ4n) is 2.59. The van der Waals surface area contributed by atoms with Crippen LogP contribution < -0.4 is 5.32 Å². The highest BCUT2D eigenvalue weighted by Crippen LogP contribution is 2.22. The Kier molecular flexibility index (Phi) is 4.45. The molecule has 1 aliphatic heterocycles. The summed E-state index contributed by atoms with van der Waals surface area (Å²) in [6.45, 7) is 7.80. The van der Waals surface area contributed by atoms with Gasteiger partial charge in [0.25, 0.3) is 0 Å². The van der Waals surface area contributed by atoms with E-state index >= 15 is 0 Å². The third-order valence-electron chi connectivity index (χ3n) is 4.05. The van der Waals surface area contributed by atoms with Crippen molar-refractivity contribution in [2.75, 3.05) is 25.0 Å². The molecule has 0 atom stereocenters. The van der Waals surface area contributed by atoms with Crippen LogP contribution in [0.1, 0.15) is 30.9 Å². The SMILES string of the molecule is Cc1cccc(C)c1NC(=O)CN1CCC(C)(O)CC1. The normalized spacial score (nSPS) is 18.8. The summed E-state index contributed by atoms with van der Waals surface area (Å²) in [7, 11) is 0. The Labute approximate surface area is 120 Å². The summed E-state index contributed by atoms with van der Waals surface area (Å²) in [5.74, 6) is 0.0175. The number of nitrogens with one attached hydrogen (secondary N) is 1. The van der Waals surface area contributed by atoms with Crippen LogP contribution in [0.4, 0.5) is 5.69 Å². The van der Waals surface area contributed by atoms with Gasteiger partial charge in [-0.25, -0.2) is 0 Å². The van der Waals surface area contributed by atoms with Crippen LogP contribution in [0.15, 0.2) is 18.2 Å². The molecule has 1 heterocycles. The molecule has 0 spiro atoms. The number of nitrogens with zero attached hydrogens (tertiary/aromatic N) is 1. The fraction of sp³-hybridized carbons (Fsp3) is 0.562. The monoisotopic (exact) mass is 276 g/mol. The van der Waals surface area contributed by atoms with Gasteiger partial charge in [-0.2, -0.15) is 0 Å². The summed E-state index contributed by atoms with van der Waals surface area (Å²) in [5.41, 5.74) is 2.51. The molecule has 0 aromatic heterocycles. The molecule has 1 aromatic rings. The van der Waals surface area contributed by atoms with Gasteiger partial charge in [0, 0.05) is 18.8 Å². The van der Waals surface area contributed by atoms with Crippen molar-refractivity contribution < 1.29 is 9.90 Å². The maximum Gasteiger partial charge on any atom is 0.238 e. The zero-order chi connectivity index (χ0) is 14.8. The molecule has 4 heteroatoms. The third kappa shape index (κ3) is 3.81. The van der Waals surface area contributed by atoms with Crippen molar-refractivity contribution in [3.8, 4) is 0 Å². The molecular formula is C16H24N2O2. The van der Waals surface area contributed by atoms with Crippen molar-refractivity contribution in [2.45, 2.75) is 39.2 Å². The Hall–Kier alpha value is -1.39. The lowest BCUT2D eigenvalue weighted by Gasteiger charge is -2.35. The van der Waals surface area contributed by atoms with E-state index in [1.54, 1.807) is 0 Å². The average molecular weight is 276 g/mol. The molecule has 20 heavy (non-hydrogen) atoms. The predicted octanol–water partition coefficient (Wildman–Crippen LogP) is 2.09. The highest BCUT2D eigenvalue weighted by molar-refractivity contribution is 5.93. The van der Waals surface area contributed by atoms with E-state index < -0.39 is 5.60 Å². The van der Waals surface area contributed by atoms with Gasteiger partial charge in [-0.15, -0.1) is 0 Å². The van der Waals surface area contributed by atoms with Gasteiger partial charge in [-0.05, 0) is 44.7 Å². The molecule has 1 aromatic carbocycles. The van der Waals surface area contributed by atoms with E-state index in [0.29, 0.717) is 6.54 Å². The van der Waals surface area contributed by atoms with Crippen molar-refractivity contribution in [1.29, 1.82) is 0 Å². The summed E-state index contributed by atoms with van der Waals surface area (Å²) in [5, 5.41) is 12.9. The van der Waals surface area contributed by atoms with Gasteiger partial charge in [-0.3, -0.25) is 9.69 Å². The summed E-state index contributed by atoms with van der Waals surface area (Å²) >= 11 is 0. The smallest absolute Gasteiger partial charge is 0.238 e. The molecule has 110 valence electrons. The Morgan fingerprint density at radius 2 is 1.85 bits per heavy atom. The first-order valence-electron chi connectivity index (χ1n) is 7.18. The maximum atomic E-state index is 12.1. The second-order valence-electron chi connectivity index (χ2n) is 6.09. The van der Waals surface area contributed by atoms with Crippen LogP contribution in [0.5, 0.6) is 0 Å². The Morgan fingerprint density at radius 1 is 1.30 bits per heavy atom. The minimum Gasteiger partial charge on any atom is -0.390 e. The number of piperidine rings is 1. The van der Waals surface area contributed by atoms with Crippen LogP contribution in [0.25, 0.3) is 0 Å². The van der Waals surface area contributed by atoms with Crippen LogP contribution >= 0.6 is 0 Å². The molecule has 0 radical (unpaired) electrons. The molecule has 4 nitrogen and oxygen atoms in total. The Balaban J connectivity index is 1.90. The number of para-hydroxylation sites is 1. The second-order valence-corrected chi connectivity index (χ2v) is 6.09. The standard InChI is InChI=1S/C16H24N2O2/c1-12-5-4-6-13(2)15(12)17-14(19)11-18-9-7-16(3,20)8-10-18/h4-6,20H,7-11H2,1-3H3,(H,17,19). The molecule has 1 amide bonds. The van der Waals surface area contributed by atoms with Crippen LogP contribution in [0.2, 0.25) is 0 Å². The highest BCUT2D eigenvalue weighted by Gasteiger charge is 2.28. The van der Waals surface area contributed by atoms with Crippen molar-refractivity contribution in [3.63, 3.8) is 0 Å². The summed E-state index contributed by atoms with van der Waals surface area (Å²) in [4.78, 5) is 14.2. The lowest BCUT2D eigenvalue weighted by molar-refractivity contribution is -0.118. The molecule has 1 fully saturated rings. The van der Waals surface area contributed by atoms with Gasteiger partial charge >= 0.3 is 0 Å². The Bertz CT molecular complexity index is 467. The number of aryl methyl sites for hydroxylation is 2. The topological polar surface area (TPSA) is 52.6 Å². The fourth-order valence-corrected chi connectivity index (χ4v) is 2.59. The average Bonchev–Trinajstić information content (AvgIpc) is 2.37.